The molecule has 1 aromatic heterocycles. The second-order valence-electron chi connectivity index (χ2n) is 11.5. The van der Waals surface area contributed by atoms with E-state index >= 15 is 0 Å². The highest BCUT2D eigenvalue weighted by Crippen LogP contribution is 2.35. The maximum absolute atomic E-state index is 13.3. The molecule has 4 amide bonds. The van der Waals surface area contributed by atoms with Gasteiger partial charge in [-0.15, -0.1) is 0 Å². The van der Waals surface area contributed by atoms with Gasteiger partial charge in [-0.1, -0.05) is 6.92 Å². The van der Waals surface area contributed by atoms with Gasteiger partial charge in [0.05, 0.1) is 11.9 Å². The van der Waals surface area contributed by atoms with Crippen molar-refractivity contribution in [1.82, 2.24) is 15.2 Å². The van der Waals surface area contributed by atoms with Crippen molar-refractivity contribution < 1.29 is 23.9 Å². The van der Waals surface area contributed by atoms with E-state index in [1.807, 2.05) is 0 Å². The molecule has 2 atom stereocenters. The molecule has 1 aliphatic carbocycles. The molecule has 2 fully saturated rings. The molecular formula is C27H41N5O5. The van der Waals surface area contributed by atoms with Crippen molar-refractivity contribution in [2.24, 2.45) is 11.8 Å². The molecule has 10 heteroatoms. The topological polar surface area (TPSA) is 130 Å². The fraction of sp³-hybridized carbons (Fsp3) is 0.667. The van der Waals surface area contributed by atoms with Crippen LogP contribution in [0.3, 0.4) is 0 Å². The van der Waals surface area contributed by atoms with Gasteiger partial charge in [-0.3, -0.25) is 19.7 Å². The van der Waals surface area contributed by atoms with E-state index in [4.69, 9.17) is 4.74 Å². The van der Waals surface area contributed by atoms with E-state index < -0.39 is 23.5 Å². The average molecular weight is 516 g/mol. The summed E-state index contributed by atoms with van der Waals surface area (Å²) in [5.41, 5.74) is 0.362. The number of anilines is 2. The minimum atomic E-state index is -0.694. The molecular weight excluding hydrogens is 474 g/mol. The van der Waals surface area contributed by atoms with Crippen LogP contribution in [0.25, 0.3) is 0 Å². The number of amides is 4. The first kappa shape index (κ1) is 28.4. The summed E-state index contributed by atoms with van der Waals surface area (Å²) in [7, 11) is 0. The largest absolute Gasteiger partial charge is 0.444 e. The summed E-state index contributed by atoms with van der Waals surface area (Å²) in [6.07, 6.45) is 6.31. The van der Waals surface area contributed by atoms with Gasteiger partial charge in [0.1, 0.15) is 11.4 Å². The summed E-state index contributed by atoms with van der Waals surface area (Å²) in [5.74, 6) is -0.281. The van der Waals surface area contributed by atoms with E-state index in [1.165, 1.54) is 13.1 Å². The lowest BCUT2D eigenvalue weighted by Crippen LogP contribution is -2.54. The van der Waals surface area contributed by atoms with E-state index in [2.05, 4.69) is 27.9 Å². The van der Waals surface area contributed by atoms with Crippen molar-refractivity contribution in [2.45, 2.75) is 97.8 Å². The molecule has 37 heavy (non-hydrogen) atoms. The second kappa shape index (κ2) is 11.9. The molecule has 1 saturated carbocycles. The second-order valence-corrected chi connectivity index (χ2v) is 11.5. The average Bonchev–Trinajstić information content (AvgIpc) is 2.79. The lowest BCUT2D eigenvalue weighted by molar-refractivity contribution is -0.147. The van der Waals surface area contributed by atoms with Crippen LogP contribution in [0.15, 0.2) is 12.3 Å². The smallest absolute Gasteiger partial charge is 0.413 e. The lowest BCUT2D eigenvalue weighted by Gasteiger charge is -2.44. The quantitative estimate of drug-likeness (QED) is 0.520. The summed E-state index contributed by atoms with van der Waals surface area (Å²) in [5, 5.41) is 8.28. The summed E-state index contributed by atoms with van der Waals surface area (Å²) in [4.78, 5) is 55.7. The van der Waals surface area contributed by atoms with Gasteiger partial charge in [0.2, 0.25) is 5.91 Å². The summed E-state index contributed by atoms with van der Waals surface area (Å²) >= 11 is 0. The summed E-state index contributed by atoms with van der Waals surface area (Å²) in [6.45, 7) is 11.3. The molecule has 0 bridgehead atoms. The van der Waals surface area contributed by atoms with Crippen LogP contribution in [0.5, 0.6) is 0 Å². The van der Waals surface area contributed by atoms with Crippen LogP contribution >= 0.6 is 0 Å². The SMILES string of the molecule is CC(=O)N[C@H]1CC[C@@H](C2CC[C@@H](C)CN2C(=O)C(=O)Nc2cnc(NC(=O)OC(C)(C)C)c(C)c2)CC1. The van der Waals surface area contributed by atoms with E-state index in [9.17, 15) is 19.2 Å². The predicted molar refractivity (Wildman–Crippen MR) is 141 cm³/mol. The molecule has 0 radical (unpaired) electrons. The van der Waals surface area contributed by atoms with Crippen molar-refractivity contribution in [3.05, 3.63) is 17.8 Å². The van der Waals surface area contributed by atoms with E-state index in [0.29, 0.717) is 35.4 Å². The van der Waals surface area contributed by atoms with Gasteiger partial charge < -0.3 is 20.3 Å². The fourth-order valence-electron chi connectivity index (χ4n) is 5.32. The number of ether oxygens (including phenoxy) is 1. The molecule has 10 nitrogen and oxygen atoms in total. The molecule has 1 aliphatic heterocycles. The van der Waals surface area contributed by atoms with Gasteiger partial charge in [0.25, 0.3) is 0 Å². The molecule has 1 unspecified atom stereocenters. The summed E-state index contributed by atoms with van der Waals surface area (Å²) in [6, 6.07) is 1.87. The fourth-order valence-corrected chi connectivity index (χ4v) is 5.32. The molecule has 3 N–H and O–H groups in total. The summed E-state index contributed by atoms with van der Waals surface area (Å²) < 4.78 is 5.25. The number of pyridine rings is 1. The van der Waals surface area contributed by atoms with Crippen molar-refractivity contribution in [1.29, 1.82) is 0 Å². The first-order valence-electron chi connectivity index (χ1n) is 13.2. The highest BCUT2D eigenvalue weighted by molar-refractivity contribution is 6.39. The third-order valence-electron chi connectivity index (χ3n) is 7.00. The van der Waals surface area contributed by atoms with Crippen LogP contribution in [-0.2, 0) is 19.1 Å². The van der Waals surface area contributed by atoms with Crippen molar-refractivity contribution in [3.63, 3.8) is 0 Å². The number of aryl methyl sites for hydroxylation is 1. The van der Waals surface area contributed by atoms with Crippen molar-refractivity contribution in [2.75, 3.05) is 17.2 Å². The minimum absolute atomic E-state index is 0.0122. The molecule has 0 aromatic carbocycles. The Bertz CT molecular complexity index is 1010. The monoisotopic (exact) mass is 515 g/mol. The Kier molecular flexibility index (Phi) is 9.15. The number of nitrogens with zero attached hydrogens (tertiary/aromatic N) is 2. The number of aromatic nitrogens is 1. The van der Waals surface area contributed by atoms with Crippen LogP contribution in [-0.4, -0.2) is 57.9 Å². The molecule has 0 spiro atoms. The molecule has 1 aromatic rings. The van der Waals surface area contributed by atoms with Gasteiger partial charge in [0.15, 0.2) is 0 Å². The first-order chi connectivity index (χ1) is 17.3. The molecule has 3 rings (SSSR count). The molecule has 2 aliphatic rings. The van der Waals surface area contributed by atoms with Crippen molar-refractivity contribution in [3.8, 4) is 0 Å². The number of rotatable bonds is 4. The van der Waals surface area contributed by atoms with Crippen LogP contribution < -0.4 is 16.0 Å². The maximum Gasteiger partial charge on any atom is 0.413 e. The zero-order valence-electron chi connectivity index (χ0n) is 22.8. The van der Waals surface area contributed by atoms with Gasteiger partial charge in [-0.25, -0.2) is 9.78 Å². The number of carbonyl (C=O) groups excluding carboxylic acids is 4. The zero-order chi connectivity index (χ0) is 27.3. The normalized spacial score (nSPS) is 24.1. The standard InChI is InChI=1S/C27H41N5O5/c1-16-7-12-22(19-8-10-20(11-9-19)29-18(3)33)32(15-16)25(35)24(34)30-21-13-17(2)23(28-14-21)31-26(36)37-27(4,5)6/h13-14,16,19-20,22H,7-12,15H2,1-6H3,(H,29,33)(H,30,34)(H,28,31,36)/t16-,19-,20+,22?/m1/s1. The number of hydrogen-bond acceptors (Lipinski definition) is 6. The van der Waals surface area contributed by atoms with Crippen LogP contribution in [0.4, 0.5) is 16.3 Å². The van der Waals surface area contributed by atoms with Gasteiger partial charge in [-0.2, -0.15) is 0 Å². The first-order valence-corrected chi connectivity index (χ1v) is 13.2. The number of carbonyl (C=O) groups is 4. The Balaban J connectivity index is 1.63. The Morgan fingerprint density at radius 2 is 1.70 bits per heavy atom. The maximum atomic E-state index is 13.3. The molecule has 2 heterocycles. The minimum Gasteiger partial charge on any atom is -0.444 e. The lowest BCUT2D eigenvalue weighted by atomic mass is 9.77. The Morgan fingerprint density at radius 1 is 1.03 bits per heavy atom. The highest BCUT2D eigenvalue weighted by atomic mass is 16.6. The third-order valence-corrected chi connectivity index (χ3v) is 7.00. The number of nitrogens with one attached hydrogen (secondary N) is 3. The number of likely N-dealkylation sites (tertiary alicyclic amines) is 1. The molecule has 204 valence electrons. The number of hydrogen-bond donors (Lipinski definition) is 3. The zero-order valence-corrected chi connectivity index (χ0v) is 22.8. The van der Waals surface area contributed by atoms with Crippen molar-refractivity contribution >= 4 is 35.3 Å². The highest BCUT2D eigenvalue weighted by Gasteiger charge is 2.39. The van der Waals surface area contributed by atoms with Crippen LogP contribution in [0.2, 0.25) is 0 Å². The third kappa shape index (κ3) is 8.16. The van der Waals surface area contributed by atoms with Gasteiger partial charge in [-0.05, 0) is 89.7 Å². The Hall–Kier alpha value is -3.17. The van der Waals surface area contributed by atoms with E-state index in [-0.39, 0.29) is 18.0 Å². The Labute approximate surface area is 219 Å². The van der Waals surface area contributed by atoms with Gasteiger partial charge >= 0.3 is 17.9 Å². The van der Waals surface area contributed by atoms with E-state index in [0.717, 1.165) is 38.5 Å². The number of piperidine rings is 1. The predicted octanol–water partition coefficient (Wildman–Crippen LogP) is 4.00. The van der Waals surface area contributed by atoms with Gasteiger partial charge in [0, 0.05) is 25.6 Å². The Morgan fingerprint density at radius 3 is 2.30 bits per heavy atom. The van der Waals surface area contributed by atoms with Crippen LogP contribution in [0.1, 0.15) is 78.7 Å². The van der Waals surface area contributed by atoms with E-state index in [1.54, 1.807) is 38.7 Å². The van der Waals surface area contributed by atoms with Crippen LogP contribution in [0, 0.1) is 18.8 Å². The molecule has 1 saturated heterocycles.